The molecule has 6 rings (SSSR count). The Kier molecular flexibility index (Phi) is 3.69. The zero-order valence-corrected chi connectivity index (χ0v) is 16.4. The SMILES string of the molecule is O=[N+]([O-])c1cccc(C2C3Sc4nc5ccccc5n4C3=NN2c2ccccc2)c1. The van der Waals surface area contributed by atoms with Crippen LogP contribution in [-0.4, -0.2) is 25.6 Å². The average Bonchev–Trinajstić information content (AvgIpc) is 3.42. The average molecular weight is 413 g/mol. The number of anilines is 1. The zero-order chi connectivity index (χ0) is 20.2. The minimum Gasteiger partial charge on any atom is -0.272 e. The van der Waals surface area contributed by atoms with Gasteiger partial charge in [-0.05, 0) is 29.8 Å². The quantitative estimate of drug-likeness (QED) is 0.355. The topological polar surface area (TPSA) is 76.6 Å². The van der Waals surface area contributed by atoms with Crippen molar-refractivity contribution in [2.75, 3.05) is 5.01 Å². The highest BCUT2D eigenvalue weighted by molar-refractivity contribution is 8.01. The van der Waals surface area contributed by atoms with E-state index in [-0.39, 0.29) is 21.9 Å². The molecule has 7 nitrogen and oxygen atoms in total. The molecule has 2 atom stereocenters. The van der Waals surface area contributed by atoms with Crippen molar-refractivity contribution in [1.29, 1.82) is 0 Å². The van der Waals surface area contributed by atoms with Crippen LogP contribution in [0.3, 0.4) is 0 Å². The van der Waals surface area contributed by atoms with Crippen LogP contribution < -0.4 is 5.01 Å². The molecule has 0 amide bonds. The van der Waals surface area contributed by atoms with Crippen LogP contribution in [-0.2, 0) is 0 Å². The van der Waals surface area contributed by atoms with Crippen LogP contribution in [0.2, 0.25) is 0 Å². The van der Waals surface area contributed by atoms with Gasteiger partial charge in [0.05, 0.1) is 32.9 Å². The number of hydrazone groups is 1. The second kappa shape index (κ2) is 6.43. The molecule has 3 heterocycles. The minimum absolute atomic E-state index is 0.0145. The Bertz CT molecular complexity index is 1330. The highest BCUT2D eigenvalue weighted by atomic mass is 32.2. The summed E-state index contributed by atoms with van der Waals surface area (Å²) in [6.07, 6.45) is 0. The molecule has 0 saturated carbocycles. The third-order valence-electron chi connectivity index (χ3n) is 5.45. The predicted molar refractivity (Wildman–Crippen MR) is 117 cm³/mol. The molecule has 2 aliphatic heterocycles. The second-order valence-corrected chi connectivity index (χ2v) is 8.30. The number of hydrogen-bond acceptors (Lipinski definition) is 6. The van der Waals surface area contributed by atoms with Crippen molar-refractivity contribution in [1.82, 2.24) is 9.55 Å². The third-order valence-corrected chi connectivity index (χ3v) is 6.66. The van der Waals surface area contributed by atoms with Crippen molar-refractivity contribution in [3.63, 3.8) is 0 Å². The molecule has 1 aromatic heterocycles. The molecule has 2 aliphatic rings. The van der Waals surface area contributed by atoms with Gasteiger partial charge in [0.2, 0.25) is 0 Å². The molecule has 2 unspecified atom stereocenters. The van der Waals surface area contributed by atoms with Crippen LogP contribution in [0.4, 0.5) is 11.4 Å². The summed E-state index contributed by atoms with van der Waals surface area (Å²) in [7, 11) is 0. The molecular weight excluding hydrogens is 398 g/mol. The predicted octanol–water partition coefficient (Wildman–Crippen LogP) is 4.84. The van der Waals surface area contributed by atoms with Gasteiger partial charge < -0.3 is 0 Å². The van der Waals surface area contributed by atoms with Crippen LogP contribution in [0.15, 0.2) is 89.1 Å². The largest absolute Gasteiger partial charge is 0.272 e. The van der Waals surface area contributed by atoms with Crippen molar-refractivity contribution in [2.24, 2.45) is 5.10 Å². The van der Waals surface area contributed by atoms with Crippen LogP contribution in [0.1, 0.15) is 11.6 Å². The van der Waals surface area contributed by atoms with E-state index in [0.717, 1.165) is 33.3 Å². The molecule has 0 fully saturated rings. The van der Waals surface area contributed by atoms with Gasteiger partial charge in [0.15, 0.2) is 11.0 Å². The molecule has 30 heavy (non-hydrogen) atoms. The highest BCUT2D eigenvalue weighted by Crippen LogP contribution is 2.48. The number of nitro benzene ring substituents is 1. The summed E-state index contributed by atoms with van der Waals surface area (Å²) < 4.78 is 2.11. The third kappa shape index (κ3) is 2.47. The summed E-state index contributed by atoms with van der Waals surface area (Å²) >= 11 is 1.66. The monoisotopic (exact) mass is 413 g/mol. The van der Waals surface area contributed by atoms with Gasteiger partial charge in [-0.3, -0.25) is 19.7 Å². The molecule has 3 aromatic carbocycles. The number of thioether (sulfide) groups is 1. The number of nitrogens with zero attached hydrogens (tertiary/aromatic N) is 5. The standard InChI is InChI=1S/C22H15N5O2S/c28-27(29)16-10-6-7-14(13-16)19-20-21(24-26(19)15-8-2-1-3-9-15)25-18-12-5-4-11-17(18)23-22(25)30-20/h1-13,19-20H. The lowest BCUT2D eigenvalue weighted by molar-refractivity contribution is -0.384. The van der Waals surface area contributed by atoms with E-state index in [1.54, 1.807) is 23.9 Å². The van der Waals surface area contributed by atoms with Crippen LogP contribution >= 0.6 is 11.8 Å². The van der Waals surface area contributed by atoms with E-state index in [9.17, 15) is 10.1 Å². The Morgan fingerprint density at radius 2 is 1.77 bits per heavy atom. The first kappa shape index (κ1) is 17.2. The van der Waals surface area contributed by atoms with E-state index in [4.69, 9.17) is 10.1 Å². The maximum atomic E-state index is 11.4. The van der Waals surface area contributed by atoms with Gasteiger partial charge >= 0.3 is 0 Å². The van der Waals surface area contributed by atoms with E-state index in [2.05, 4.69) is 4.57 Å². The summed E-state index contributed by atoms with van der Waals surface area (Å²) in [5.74, 6) is 0.907. The smallest absolute Gasteiger partial charge is 0.269 e. The molecule has 0 bridgehead atoms. The molecule has 0 radical (unpaired) electrons. The molecule has 8 heteroatoms. The van der Waals surface area contributed by atoms with Crippen molar-refractivity contribution in [3.05, 3.63) is 94.5 Å². The summed E-state index contributed by atoms with van der Waals surface area (Å²) in [4.78, 5) is 15.8. The molecule has 0 N–H and O–H groups in total. The van der Waals surface area contributed by atoms with Crippen molar-refractivity contribution in [3.8, 4) is 0 Å². The molecule has 0 saturated heterocycles. The zero-order valence-electron chi connectivity index (χ0n) is 15.6. The lowest BCUT2D eigenvalue weighted by Gasteiger charge is -2.26. The fourth-order valence-electron chi connectivity index (χ4n) is 4.14. The lowest BCUT2D eigenvalue weighted by atomic mass is 10.0. The van der Waals surface area contributed by atoms with Gasteiger partial charge in [0.1, 0.15) is 0 Å². The number of para-hydroxylation sites is 3. The van der Waals surface area contributed by atoms with E-state index in [1.165, 1.54) is 6.07 Å². The van der Waals surface area contributed by atoms with Crippen LogP contribution in [0, 0.1) is 10.1 Å². The number of hydrogen-bond donors (Lipinski definition) is 0. The van der Waals surface area contributed by atoms with Crippen molar-refractivity contribution in [2.45, 2.75) is 16.4 Å². The Morgan fingerprint density at radius 3 is 2.60 bits per heavy atom. The summed E-state index contributed by atoms with van der Waals surface area (Å²) in [6.45, 7) is 0. The number of aromatic nitrogens is 2. The van der Waals surface area contributed by atoms with Gasteiger partial charge in [0.25, 0.3) is 5.69 Å². The lowest BCUT2D eigenvalue weighted by Crippen LogP contribution is -2.27. The van der Waals surface area contributed by atoms with Gasteiger partial charge in [-0.15, -0.1) is 0 Å². The van der Waals surface area contributed by atoms with E-state index >= 15 is 0 Å². The minimum atomic E-state index is -0.354. The number of non-ortho nitro benzene ring substituents is 1. The number of imidazole rings is 1. The Hall–Kier alpha value is -3.65. The van der Waals surface area contributed by atoms with E-state index < -0.39 is 0 Å². The fraction of sp³-hybridized carbons (Fsp3) is 0.0909. The summed E-state index contributed by atoms with van der Waals surface area (Å²) in [5.41, 5.74) is 3.85. The Morgan fingerprint density at radius 1 is 0.967 bits per heavy atom. The number of benzene rings is 3. The second-order valence-electron chi connectivity index (χ2n) is 7.19. The fourth-order valence-corrected chi connectivity index (χ4v) is 5.48. The maximum Gasteiger partial charge on any atom is 0.269 e. The summed E-state index contributed by atoms with van der Waals surface area (Å²) in [5, 5.41) is 19.2. The maximum absolute atomic E-state index is 11.4. The van der Waals surface area contributed by atoms with Gasteiger partial charge in [-0.25, -0.2) is 4.98 Å². The van der Waals surface area contributed by atoms with Crippen molar-refractivity contribution < 1.29 is 4.92 Å². The number of nitro groups is 1. The molecule has 0 aliphatic carbocycles. The molecule has 4 aromatic rings. The first-order valence-electron chi connectivity index (χ1n) is 9.52. The first-order chi connectivity index (χ1) is 14.7. The van der Waals surface area contributed by atoms with Crippen molar-refractivity contribution >= 4 is 40.0 Å². The molecule has 0 spiro atoms. The van der Waals surface area contributed by atoms with Crippen LogP contribution in [0.25, 0.3) is 11.0 Å². The van der Waals surface area contributed by atoms with E-state index in [1.807, 2.05) is 65.7 Å². The molecule has 146 valence electrons. The van der Waals surface area contributed by atoms with Crippen LogP contribution in [0.5, 0.6) is 0 Å². The Labute approximate surface area is 175 Å². The number of rotatable bonds is 3. The normalized spacial score (nSPS) is 19.6. The Balaban J connectivity index is 1.53. The summed E-state index contributed by atoms with van der Waals surface area (Å²) in [6, 6.07) is 24.6. The van der Waals surface area contributed by atoms with Gasteiger partial charge in [-0.2, -0.15) is 5.10 Å². The highest BCUT2D eigenvalue weighted by Gasteiger charge is 2.47. The first-order valence-corrected chi connectivity index (χ1v) is 10.4. The van der Waals surface area contributed by atoms with Gasteiger partial charge in [-0.1, -0.05) is 54.2 Å². The van der Waals surface area contributed by atoms with Gasteiger partial charge in [0, 0.05) is 12.1 Å². The van der Waals surface area contributed by atoms with E-state index in [0.29, 0.717) is 0 Å². The molecular formula is C22H15N5O2S. The number of fused-ring (bicyclic) bond motifs is 5.